The highest BCUT2D eigenvalue weighted by molar-refractivity contribution is 5.94. The molecule has 1 atom stereocenters. The molecule has 0 fully saturated rings. The van der Waals surface area contributed by atoms with Crippen LogP contribution in [0.15, 0.2) is 48.6 Å². The third-order valence-electron chi connectivity index (χ3n) is 5.47. The molecular formula is C20H22N2O. The van der Waals surface area contributed by atoms with Crippen molar-refractivity contribution in [2.75, 3.05) is 6.54 Å². The second-order valence-corrected chi connectivity index (χ2v) is 6.63. The van der Waals surface area contributed by atoms with Crippen LogP contribution >= 0.6 is 0 Å². The zero-order chi connectivity index (χ0) is 16.0. The van der Waals surface area contributed by atoms with Crippen molar-refractivity contribution in [3.05, 3.63) is 59.8 Å². The number of fused-ring (bicyclic) bond motifs is 4. The second kappa shape index (κ2) is 5.12. The van der Waals surface area contributed by atoms with Crippen LogP contribution in [0, 0.1) is 0 Å². The van der Waals surface area contributed by atoms with Gasteiger partial charge in [0.05, 0.1) is 0 Å². The first-order chi connectivity index (χ1) is 11.2. The van der Waals surface area contributed by atoms with Gasteiger partial charge >= 0.3 is 0 Å². The molecule has 118 valence electrons. The number of hydrogen-bond acceptors (Lipinski definition) is 1. The SMILES string of the molecule is C=CCCN1C(=O)C=C(C)C12CCCc1c2[nH]c2ccccc12. The maximum absolute atomic E-state index is 12.6. The number of aromatic nitrogens is 1. The Balaban J connectivity index is 1.93. The molecule has 1 aromatic heterocycles. The predicted octanol–water partition coefficient (Wildman–Crippen LogP) is 4.06. The third-order valence-corrected chi connectivity index (χ3v) is 5.47. The molecule has 1 unspecified atom stereocenters. The smallest absolute Gasteiger partial charge is 0.247 e. The Morgan fingerprint density at radius 1 is 1.39 bits per heavy atom. The maximum Gasteiger partial charge on any atom is 0.247 e. The lowest BCUT2D eigenvalue weighted by Gasteiger charge is -2.43. The lowest BCUT2D eigenvalue weighted by Crippen LogP contribution is -2.48. The van der Waals surface area contributed by atoms with Crippen molar-refractivity contribution in [1.29, 1.82) is 0 Å². The number of aryl methyl sites for hydroxylation is 1. The van der Waals surface area contributed by atoms with Gasteiger partial charge in [-0.1, -0.05) is 24.3 Å². The average molecular weight is 306 g/mol. The van der Waals surface area contributed by atoms with Gasteiger partial charge in [0.1, 0.15) is 5.54 Å². The van der Waals surface area contributed by atoms with Crippen molar-refractivity contribution in [3.63, 3.8) is 0 Å². The zero-order valence-electron chi connectivity index (χ0n) is 13.6. The van der Waals surface area contributed by atoms with E-state index in [9.17, 15) is 4.79 Å². The molecule has 3 heteroatoms. The molecule has 1 aliphatic carbocycles. The molecule has 1 N–H and O–H groups in total. The molecule has 23 heavy (non-hydrogen) atoms. The number of benzene rings is 1. The zero-order valence-corrected chi connectivity index (χ0v) is 13.6. The largest absolute Gasteiger partial charge is 0.356 e. The summed E-state index contributed by atoms with van der Waals surface area (Å²) in [4.78, 5) is 18.3. The summed E-state index contributed by atoms with van der Waals surface area (Å²) in [6.07, 6.45) is 7.73. The van der Waals surface area contributed by atoms with Gasteiger partial charge in [-0.05, 0) is 49.8 Å². The lowest BCUT2D eigenvalue weighted by atomic mass is 9.76. The minimum absolute atomic E-state index is 0.135. The van der Waals surface area contributed by atoms with Crippen LogP contribution in [0.5, 0.6) is 0 Å². The molecule has 2 aliphatic rings. The summed E-state index contributed by atoms with van der Waals surface area (Å²) < 4.78 is 0. The van der Waals surface area contributed by atoms with E-state index in [-0.39, 0.29) is 11.4 Å². The van der Waals surface area contributed by atoms with Crippen LogP contribution in [-0.2, 0) is 16.8 Å². The Hall–Kier alpha value is -2.29. The van der Waals surface area contributed by atoms with Crippen molar-refractivity contribution in [2.24, 2.45) is 0 Å². The Morgan fingerprint density at radius 2 is 2.22 bits per heavy atom. The number of nitrogens with one attached hydrogen (secondary N) is 1. The number of carbonyl (C=O) groups is 1. The summed E-state index contributed by atoms with van der Waals surface area (Å²) in [7, 11) is 0. The van der Waals surface area contributed by atoms with Crippen molar-refractivity contribution in [3.8, 4) is 0 Å². The number of amides is 1. The summed E-state index contributed by atoms with van der Waals surface area (Å²) in [6.45, 7) is 6.65. The van der Waals surface area contributed by atoms with Crippen molar-refractivity contribution in [1.82, 2.24) is 9.88 Å². The minimum Gasteiger partial charge on any atom is -0.356 e. The Bertz CT molecular complexity index is 829. The van der Waals surface area contributed by atoms with Gasteiger partial charge in [-0.3, -0.25) is 4.79 Å². The lowest BCUT2D eigenvalue weighted by molar-refractivity contribution is -0.129. The van der Waals surface area contributed by atoms with Gasteiger partial charge in [-0.25, -0.2) is 0 Å². The Morgan fingerprint density at radius 3 is 3.04 bits per heavy atom. The van der Waals surface area contributed by atoms with Crippen molar-refractivity contribution in [2.45, 2.75) is 38.1 Å². The molecule has 1 aromatic carbocycles. The van der Waals surface area contributed by atoms with E-state index in [2.05, 4.69) is 47.7 Å². The molecule has 0 radical (unpaired) electrons. The second-order valence-electron chi connectivity index (χ2n) is 6.63. The monoisotopic (exact) mass is 306 g/mol. The van der Waals surface area contributed by atoms with Crippen LogP contribution in [0.25, 0.3) is 10.9 Å². The number of aromatic amines is 1. The molecule has 2 heterocycles. The van der Waals surface area contributed by atoms with Crippen LogP contribution in [0.4, 0.5) is 0 Å². The summed E-state index contributed by atoms with van der Waals surface area (Å²) in [5.41, 5.74) is 4.67. The normalized spacial score (nSPS) is 23.4. The molecule has 1 spiro atoms. The number of para-hydroxylation sites is 1. The average Bonchev–Trinajstić information content (AvgIpc) is 3.04. The third kappa shape index (κ3) is 1.86. The van der Waals surface area contributed by atoms with Gasteiger partial charge in [0.2, 0.25) is 5.91 Å². The van der Waals surface area contributed by atoms with E-state index in [1.165, 1.54) is 27.7 Å². The van der Waals surface area contributed by atoms with E-state index in [0.717, 1.165) is 32.2 Å². The van der Waals surface area contributed by atoms with E-state index in [1.807, 2.05) is 12.2 Å². The van der Waals surface area contributed by atoms with E-state index >= 15 is 0 Å². The molecule has 3 nitrogen and oxygen atoms in total. The standard InChI is InChI=1S/C20H22N2O/c1-3-4-12-22-18(23)13-14(2)20(22)11-7-9-16-15-8-5-6-10-17(15)21-19(16)20/h3,5-6,8,10,13,21H,1,4,7,9,11-12H2,2H3. The van der Waals surface area contributed by atoms with Crippen molar-refractivity contribution >= 4 is 16.8 Å². The van der Waals surface area contributed by atoms with Gasteiger partial charge < -0.3 is 9.88 Å². The fraction of sp³-hybridized carbons (Fsp3) is 0.350. The van der Waals surface area contributed by atoms with Gasteiger partial charge in [-0.2, -0.15) is 0 Å². The van der Waals surface area contributed by atoms with Crippen molar-refractivity contribution < 1.29 is 4.79 Å². The highest BCUT2D eigenvalue weighted by Gasteiger charge is 2.50. The van der Waals surface area contributed by atoms with E-state index in [1.54, 1.807) is 0 Å². The van der Waals surface area contributed by atoms with Crippen LogP contribution in [0.1, 0.15) is 37.4 Å². The van der Waals surface area contributed by atoms with Crippen LogP contribution in [-0.4, -0.2) is 22.3 Å². The first-order valence-corrected chi connectivity index (χ1v) is 8.40. The summed E-state index contributed by atoms with van der Waals surface area (Å²) in [5, 5.41) is 1.30. The first-order valence-electron chi connectivity index (χ1n) is 8.40. The number of rotatable bonds is 3. The Kier molecular flexibility index (Phi) is 3.19. The summed E-state index contributed by atoms with van der Waals surface area (Å²) in [5.74, 6) is 0.135. The van der Waals surface area contributed by atoms with Gasteiger partial charge in [0, 0.05) is 29.2 Å². The van der Waals surface area contributed by atoms with Crippen LogP contribution in [0.2, 0.25) is 0 Å². The van der Waals surface area contributed by atoms with Crippen LogP contribution in [0.3, 0.4) is 0 Å². The topological polar surface area (TPSA) is 36.1 Å². The molecule has 0 saturated carbocycles. The number of carbonyl (C=O) groups excluding carboxylic acids is 1. The number of H-pyrrole nitrogens is 1. The van der Waals surface area contributed by atoms with E-state index in [4.69, 9.17) is 0 Å². The van der Waals surface area contributed by atoms with Gasteiger partial charge in [0.15, 0.2) is 0 Å². The fourth-order valence-electron chi connectivity index (χ4n) is 4.43. The Labute approximate surface area is 136 Å². The van der Waals surface area contributed by atoms with E-state index in [0.29, 0.717) is 0 Å². The minimum atomic E-state index is -0.285. The van der Waals surface area contributed by atoms with E-state index < -0.39 is 0 Å². The summed E-state index contributed by atoms with van der Waals surface area (Å²) in [6, 6.07) is 8.48. The highest BCUT2D eigenvalue weighted by atomic mass is 16.2. The molecule has 1 aliphatic heterocycles. The molecule has 0 saturated heterocycles. The van der Waals surface area contributed by atoms with Gasteiger partial charge in [-0.15, -0.1) is 6.58 Å². The first kappa shape index (κ1) is 14.3. The molecule has 1 amide bonds. The highest BCUT2D eigenvalue weighted by Crippen LogP contribution is 2.49. The quantitative estimate of drug-likeness (QED) is 0.853. The summed E-state index contributed by atoms with van der Waals surface area (Å²) >= 11 is 0. The molecular weight excluding hydrogens is 284 g/mol. The number of hydrogen-bond donors (Lipinski definition) is 1. The fourth-order valence-corrected chi connectivity index (χ4v) is 4.43. The number of nitrogens with zero attached hydrogens (tertiary/aromatic N) is 1. The predicted molar refractivity (Wildman–Crippen MR) is 93.2 cm³/mol. The van der Waals surface area contributed by atoms with Gasteiger partial charge in [0.25, 0.3) is 0 Å². The molecule has 4 rings (SSSR count). The van der Waals surface area contributed by atoms with Crippen LogP contribution < -0.4 is 0 Å². The molecule has 2 aromatic rings. The maximum atomic E-state index is 12.6. The molecule has 0 bridgehead atoms.